The number of nitrogens with zero attached hydrogens (tertiary/aromatic N) is 2. The molecular weight excluding hydrogens is 390 g/mol. The number of hydrogen-bond donors (Lipinski definition) is 1. The van der Waals surface area contributed by atoms with Gasteiger partial charge in [-0.15, -0.1) is 0 Å². The lowest BCUT2D eigenvalue weighted by Gasteiger charge is -2.21. The van der Waals surface area contributed by atoms with Crippen LogP contribution in [0.3, 0.4) is 0 Å². The highest BCUT2D eigenvalue weighted by molar-refractivity contribution is 6.08. The molecule has 0 unspecified atom stereocenters. The molecule has 1 N–H and O–H groups in total. The molecule has 1 saturated heterocycles. The first kappa shape index (κ1) is 21.1. The van der Waals surface area contributed by atoms with Gasteiger partial charge in [-0.1, -0.05) is 30.3 Å². The molecule has 1 aliphatic rings. The Bertz CT molecular complexity index is 1040. The van der Waals surface area contributed by atoms with Crippen molar-refractivity contribution >= 4 is 22.6 Å². The zero-order valence-electron chi connectivity index (χ0n) is 18.0. The summed E-state index contributed by atoms with van der Waals surface area (Å²) in [7, 11) is 1.65. The number of rotatable bonds is 7. The number of para-hydroxylation sites is 1. The number of carbonyl (C=O) groups is 2. The topological polar surface area (TPSA) is 65.6 Å². The van der Waals surface area contributed by atoms with E-state index in [0.29, 0.717) is 19.5 Å². The lowest BCUT2D eigenvalue weighted by atomic mass is 10.1. The fraction of sp³-hybridized carbons (Fsp3) is 0.360. The third-order valence-electron chi connectivity index (χ3n) is 5.98. The van der Waals surface area contributed by atoms with E-state index in [0.717, 1.165) is 60.3 Å². The van der Waals surface area contributed by atoms with Gasteiger partial charge >= 0.3 is 0 Å². The Morgan fingerprint density at radius 2 is 1.81 bits per heavy atom. The number of benzene rings is 2. The Kier molecular flexibility index (Phi) is 6.67. The summed E-state index contributed by atoms with van der Waals surface area (Å²) >= 11 is 0. The number of ketones is 1. The number of aryl methyl sites for hydroxylation is 1. The van der Waals surface area contributed by atoms with E-state index in [2.05, 4.69) is 9.88 Å². The number of Topliss-reactive ketones (excluding diaryl/α,β-unsaturated/α-hetero) is 1. The van der Waals surface area contributed by atoms with Crippen LogP contribution in [0.1, 0.15) is 28.8 Å². The van der Waals surface area contributed by atoms with Crippen molar-refractivity contribution in [3.8, 4) is 5.75 Å². The molecule has 31 heavy (non-hydrogen) atoms. The third-order valence-corrected chi connectivity index (χ3v) is 5.98. The highest BCUT2D eigenvalue weighted by Gasteiger charge is 2.21. The summed E-state index contributed by atoms with van der Waals surface area (Å²) in [4.78, 5) is 32.9. The minimum absolute atomic E-state index is 0.122. The molecule has 0 bridgehead atoms. The fourth-order valence-corrected chi connectivity index (χ4v) is 4.17. The number of methoxy groups -OCH3 is 1. The fourth-order valence-electron chi connectivity index (χ4n) is 4.17. The number of ether oxygens (including phenoxy) is 1. The maximum atomic E-state index is 12.9. The third kappa shape index (κ3) is 5.14. The molecule has 3 aromatic rings. The quantitative estimate of drug-likeness (QED) is 0.595. The molecule has 0 spiro atoms. The summed E-state index contributed by atoms with van der Waals surface area (Å²) in [5.74, 6) is 1.13. The van der Waals surface area contributed by atoms with Crippen LogP contribution in [0.2, 0.25) is 0 Å². The lowest BCUT2D eigenvalue weighted by molar-refractivity contribution is -0.131. The molecule has 0 radical (unpaired) electrons. The summed E-state index contributed by atoms with van der Waals surface area (Å²) in [6.07, 6.45) is 3.91. The molecule has 2 aromatic carbocycles. The van der Waals surface area contributed by atoms with Gasteiger partial charge in [-0.2, -0.15) is 0 Å². The molecular formula is C25H29N3O3. The Labute approximate surface area is 182 Å². The number of nitrogens with one attached hydrogen (secondary N) is 1. The van der Waals surface area contributed by atoms with Crippen molar-refractivity contribution in [2.45, 2.75) is 19.3 Å². The normalized spacial score (nSPS) is 15.1. The number of H-pyrrole nitrogens is 1. The van der Waals surface area contributed by atoms with Gasteiger partial charge < -0.3 is 14.6 Å². The molecule has 1 aliphatic heterocycles. The van der Waals surface area contributed by atoms with Gasteiger partial charge in [0.05, 0.1) is 13.7 Å². The first-order valence-corrected chi connectivity index (χ1v) is 10.9. The molecule has 0 atom stereocenters. The smallest absolute Gasteiger partial charge is 0.222 e. The maximum Gasteiger partial charge on any atom is 0.222 e. The Morgan fingerprint density at radius 1 is 1.00 bits per heavy atom. The summed E-state index contributed by atoms with van der Waals surface area (Å²) < 4.78 is 5.18. The van der Waals surface area contributed by atoms with Crippen molar-refractivity contribution in [2.75, 3.05) is 39.8 Å². The van der Waals surface area contributed by atoms with Crippen LogP contribution in [0.5, 0.6) is 5.75 Å². The lowest BCUT2D eigenvalue weighted by Crippen LogP contribution is -2.36. The predicted molar refractivity (Wildman–Crippen MR) is 122 cm³/mol. The first-order valence-electron chi connectivity index (χ1n) is 10.9. The van der Waals surface area contributed by atoms with E-state index in [-0.39, 0.29) is 11.7 Å². The zero-order chi connectivity index (χ0) is 21.6. The molecule has 1 fully saturated rings. The molecule has 162 valence electrons. The van der Waals surface area contributed by atoms with E-state index in [4.69, 9.17) is 4.74 Å². The van der Waals surface area contributed by atoms with Gasteiger partial charge in [0.15, 0.2) is 5.78 Å². The van der Waals surface area contributed by atoms with Gasteiger partial charge in [0.25, 0.3) is 0 Å². The Hall–Kier alpha value is -3.12. The van der Waals surface area contributed by atoms with Crippen LogP contribution in [0, 0.1) is 0 Å². The standard InChI is InChI=1S/C25H29N3O3/c1-31-20-10-7-19(8-11-20)9-12-25(30)28-14-4-13-27(15-16-28)18-24(29)22-17-26-23-6-3-2-5-21(22)23/h2-3,5-8,10-11,17,26H,4,9,12-16,18H2,1H3. The highest BCUT2D eigenvalue weighted by Crippen LogP contribution is 2.19. The molecule has 0 saturated carbocycles. The Morgan fingerprint density at radius 3 is 2.61 bits per heavy atom. The van der Waals surface area contributed by atoms with Crippen molar-refractivity contribution in [1.29, 1.82) is 0 Å². The number of aromatic nitrogens is 1. The molecule has 1 aromatic heterocycles. The van der Waals surface area contributed by atoms with Crippen molar-refractivity contribution in [3.63, 3.8) is 0 Å². The van der Waals surface area contributed by atoms with E-state index in [1.807, 2.05) is 53.4 Å². The summed E-state index contributed by atoms with van der Waals surface area (Å²) in [6.45, 7) is 3.36. The SMILES string of the molecule is COc1ccc(CCC(=O)N2CCCN(CC(=O)c3c[nH]c4ccccc34)CC2)cc1. The maximum absolute atomic E-state index is 12.9. The van der Waals surface area contributed by atoms with E-state index in [9.17, 15) is 9.59 Å². The minimum Gasteiger partial charge on any atom is -0.497 e. The van der Waals surface area contributed by atoms with Gasteiger partial charge in [-0.3, -0.25) is 14.5 Å². The van der Waals surface area contributed by atoms with Crippen molar-refractivity contribution < 1.29 is 14.3 Å². The number of fused-ring (bicyclic) bond motifs is 1. The van der Waals surface area contributed by atoms with E-state index >= 15 is 0 Å². The van der Waals surface area contributed by atoms with Crippen LogP contribution in [0.25, 0.3) is 10.9 Å². The van der Waals surface area contributed by atoms with E-state index in [1.54, 1.807) is 13.3 Å². The van der Waals surface area contributed by atoms with Crippen LogP contribution in [-0.2, 0) is 11.2 Å². The summed E-state index contributed by atoms with van der Waals surface area (Å²) in [5.41, 5.74) is 2.86. The zero-order valence-corrected chi connectivity index (χ0v) is 18.0. The number of hydrogen-bond acceptors (Lipinski definition) is 4. The van der Waals surface area contributed by atoms with E-state index in [1.165, 1.54) is 0 Å². The average Bonchev–Trinajstić information content (AvgIpc) is 3.10. The highest BCUT2D eigenvalue weighted by atomic mass is 16.5. The molecule has 1 amide bonds. The molecule has 0 aliphatic carbocycles. The van der Waals surface area contributed by atoms with Gasteiger partial charge in [0.1, 0.15) is 5.75 Å². The van der Waals surface area contributed by atoms with Crippen LogP contribution < -0.4 is 4.74 Å². The van der Waals surface area contributed by atoms with Gasteiger partial charge in [0.2, 0.25) is 5.91 Å². The first-order chi connectivity index (χ1) is 15.1. The predicted octanol–water partition coefficient (Wildman–Crippen LogP) is 3.53. The second-order valence-electron chi connectivity index (χ2n) is 8.03. The molecule has 6 nitrogen and oxygen atoms in total. The Balaban J connectivity index is 1.28. The van der Waals surface area contributed by atoms with Crippen LogP contribution in [-0.4, -0.2) is 66.3 Å². The number of carbonyl (C=O) groups excluding carboxylic acids is 2. The molecule has 4 rings (SSSR count). The van der Waals surface area contributed by atoms with E-state index < -0.39 is 0 Å². The number of aromatic amines is 1. The molecule has 6 heteroatoms. The van der Waals surface area contributed by atoms with Crippen molar-refractivity contribution in [1.82, 2.24) is 14.8 Å². The van der Waals surface area contributed by atoms with Gasteiger partial charge in [-0.05, 0) is 36.6 Å². The van der Waals surface area contributed by atoms with Crippen LogP contribution in [0.4, 0.5) is 0 Å². The van der Waals surface area contributed by atoms with Gasteiger partial charge in [-0.25, -0.2) is 0 Å². The number of amides is 1. The second kappa shape index (κ2) is 9.79. The summed E-state index contributed by atoms with van der Waals surface area (Å²) in [6, 6.07) is 15.7. The monoisotopic (exact) mass is 419 g/mol. The van der Waals surface area contributed by atoms with Crippen LogP contribution >= 0.6 is 0 Å². The molecule has 2 heterocycles. The summed E-state index contributed by atoms with van der Waals surface area (Å²) in [5, 5.41) is 0.970. The van der Waals surface area contributed by atoms with Crippen molar-refractivity contribution in [3.05, 3.63) is 65.9 Å². The van der Waals surface area contributed by atoms with Crippen LogP contribution in [0.15, 0.2) is 54.7 Å². The van der Waals surface area contributed by atoms with Crippen molar-refractivity contribution in [2.24, 2.45) is 0 Å². The average molecular weight is 420 g/mol. The minimum atomic E-state index is 0.122. The largest absolute Gasteiger partial charge is 0.497 e. The second-order valence-corrected chi connectivity index (χ2v) is 8.03. The van der Waals surface area contributed by atoms with Gasteiger partial charge in [0, 0.05) is 55.3 Å².